The molecule has 1 aromatic carbocycles. The van der Waals surface area contributed by atoms with Crippen LogP contribution < -0.4 is 10.4 Å². The highest BCUT2D eigenvalue weighted by atomic mass is 35.6. The molecule has 1 rings (SSSR count). The Balaban J connectivity index is 3.33. The molecule has 0 amide bonds. The Bertz CT molecular complexity index is 463. The molecule has 0 saturated carbocycles. The zero-order valence-corrected chi connectivity index (χ0v) is 17.9. The molecule has 0 aliphatic heterocycles. The SMILES string of the molecule is Cc1cc([Si](C)(C)C)cc([Si](Cl)(CC(C)C)CC(C)C)c1. The molecule has 21 heavy (non-hydrogen) atoms. The predicted molar refractivity (Wildman–Crippen MR) is 105 cm³/mol. The lowest BCUT2D eigenvalue weighted by Gasteiger charge is -2.30. The Morgan fingerprint density at radius 3 is 1.67 bits per heavy atom. The van der Waals surface area contributed by atoms with Gasteiger partial charge in [0.15, 0.2) is 7.38 Å². The summed E-state index contributed by atoms with van der Waals surface area (Å²) in [5, 5.41) is 3.03. The third kappa shape index (κ3) is 5.57. The second kappa shape index (κ2) is 7.01. The quantitative estimate of drug-likeness (QED) is 0.490. The van der Waals surface area contributed by atoms with Gasteiger partial charge in [-0.15, -0.1) is 0 Å². The fourth-order valence-corrected chi connectivity index (χ4v) is 10.8. The highest BCUT2D eigenvalue weighted by Gasteiger charge is 2.35. The molecule has 0 N–H and O–H groups in total. The highest BCUT2D eigenvalue weighted by molar-refractivity contribution is 7.27. The van der Waals surface area contributed by atoms with E-state index in [0.29, 0.717) is 11.8 Å². The van der Waals surface area contributed by atoms with Gasteiger partial charge < -0.3 is 0 Å². The van der Waals surface area contributed by atoms with Gasteiger partial charge in [0, 0.05) is 0 Å². The molecule has 1 aromatic rings. The van der Waals surface area contributed by atoms with Gasteiger partial charge in [0.25, 0.3) is 0 Å². The maximum absolute atomic E-state index is 7.30. The van der Waals surface area contributed by atoms with Crippen LogP contribution in [0.1, 0.15) is 33.3 Å². The summed E-state index contributed by atoms with van der Waals surface area (Å²) in [6, 6.07) is 9.58. The topological polar surface area (TPSA) is 0 Å². The van der Waals surface area contributed by atoms with Crippen LogP contribution in [0.3, 0.4) is 0 Å². The fourth-order valence-electron chi connectivity index (χ4n) is 3.09. The smallest absolute Gasteiger partial charge is 0.161 e. The van der Waals surface area contributed by atoms with E-state index in [1.54, 1.807) is 5.19 Å². The zero-order valence-electron chi connectivity index (χ0n) is 15.2. The first-order chi connectivity index (χ1) is 9.44. The first kappa shape index (κ1) is 19.0. The molecule has 0 heterocycles. The largest absolute Gasteiger partial charge is 0.187 e. The van der Waals surface area contributed by atoms with Crippen LogP contribution in [-0.2, 0) is 0 Å². The molecule has 0 saturated heterocycles. The molecule has 3 heteroatoms. The monoisotopic (exact) mass is 340 g/mol. The standard InChI is InChI=1S/C18H33ClSi2/c1-14(2)12-21(19,13-15(3)4)18-10-16(5)9-17(11-18)20(6,7)8/h9-11,14-15H,12-13H2,1-8H3. The van der Waals surface area contributed by atoms with E-state index in [4.69, 9.17) is 11.1 Å². The molecule has 0 fully saturated rings. The summed E-state index contributed by atoms with van der Waals surface area (Å²) in [5.74, 6) is 1.34. The van der Waals surface area contributed by atoms with E-state index in [1.165, 1.54) is 22.8 Å². The van der Waals surface area contributed by atoms with Gasteiger partial charge in [-0.1, -0.05) is 76.3 Å². The van der Waals surface area contributed by atoms with E-state index in [2.05, 4.69) is 72.5 Å². The van der Waals surface area contributed by atoms with E-state index in [9.17, 15) is 0 Å². The van der Waals surface area contributed by atoms with Crippen molar-refractivity contribution in [2.75, 3.05) is 0 Å². The first-order valence-corrected chi connectivity index (χ1v) is 15.2. The van der Waals surface area contributed by atoms with E-state index in [1.807, 2.05) is 0 Å². The van der Waals surface area contributed by atoms with Gasteiger partial charge in [0.05, 0.1) is 8.07 Å². The Labute approximate surface area is 139 Å². The van der Waals surface area contributed by atoms with Crippen LogP contribution in [0.15, 0.2) is 18.2 Å². The van der Waals surface area contributed by atoms with E-state index in [0.717, 1.165) is 0 Å². The second-order valence-corrected chi connectivity index (χ2v) is 19.1. The van der Waals surface area contributed by atoms with E-state index >= 15 is 0 Å². The summed E-state index contributed by atoms with van der Waals surface area (Å²) in [6.07, 6.45) is 0. The van der Waals surface area contributed by atoms with Gasteiger partial charge in [-0.25, -0.2) is 0 Å². The average molecular weight is 341 g/mol. The summed E-state index contributed by atoms with van der Waals surface area (Å²) in [6.45, 7) is 18.7. The zero-order chi connectivity index (χ0) is 16.4. The van der Waals surface area contributed by atoms with Crippen LogP contribution in [0.4, 0.5) is 0 Å². The van der Waals surface area contributed by atoms with Crippen molar-refractivity contribution in [2.24, 2.45) is 11.8 Å². The highest BCUT2D eigenvalue weighted by Crippen LogP contribution is 2.29. The van der Waals surface area contributed by atoms with Crippen molar-refractivity contribution in [1.29, 1.82) is 0 Å². The van der Waals surface area contributed by atoms with Crippen LogP contribution in [0.25, 0.3) is 0 Å². The lowest BCUT2D eigenvalue weighted by atomic mass is 10.2. The molecular weight excluding hydrogens is 308 g/mol. The number of aryl methyl sites for hydroxylation is 1. The first-order valence-electron chi connectivity index (χ1n) is 8.25. The van der Waals surface area contributed by atoms with Gasteiger partial charge in [-0.3, -0.25) is 0 Å². The molecular formula is C18H33ClSi2. The minimum Gasteiger partial charge on any atom is -0.161 e. The van der Waals surface area contributed by atoms with Crippen LogP contribution in [-0.4, -0.2) is 15.5 Å². The van der Waals surface area contributed by atoms with Crippen LogP contribution in [0, 0.1) is 18.8 Å². The summed E-state index contributed by atoms with van der Waals surface area (Å²) in [5.41, 5.74) is 1.38. The molecule has 0 unspecified atom stereocenters. The Hall–Kier alpha value is -0.0562. The molecule has 0 atom stereocenters. The van der Waals surface area contributed by atoms with Gasteiger partial charge in [-0.2, -0.15) is 11.1 Å². The van der Waals surface area contributed by atoms with Crippen molar-refractivity contribution >= 4 is 36.9 Å². The molecule has 0 nitrogen and oxygen atoms in total. The van der Waals surface area contributed by atoms with E-state index < -0.39 is 15.5 Å². The van der Waals surface area contributed by atoms with Gasteiger partial charge in [0.2, 0.25) is 0 Å². The lowest BCUT2D eigenvalue weighted by Crippen LogP contribution is -2.48. The predicted octanol–water partition coefficient (Wildman–Crippen LogP) is 5.24. The second-order valence-electron chi connectivity index (χ2n) is 8.50. The van der Waals surface area contributed by atoms with Crippen molar-refractivity contribution in [3.05, 3.63) is 23.8 Å². The Morgan fingerprint density at radius 2 is 1.29 bits per heavy atom. The van der Waals surface area contributed by atoms with Gasteiger partial charge in [0.1, 0.15) is 0 Å². The van der Waals surface area contributed by atoms with Crippen molar-refractivity contribution in [1.82, 2.24) is 0 Å². The third-order valence-corrected chi connectivity index (χ3v) is 11.8. The van der Waals surface area contributed by atoms with Crippen LogP contribution >= 0.6 is 11.1 Å². The molecule has 0 aromatic heterocycles. The minimum absolute atomic E-state index is 0.670. The van der Waals surface area contributed by atoms with Gasteiger partial charge >= 0.3 is 0 Å². The van der Waals surface area contributed by atoms with Gasteiger partial charge in [-0.05, 0) is 36.0 Å². The molecule has 0 aliphatic rings. The van der Waals surface area contributed by atoms with Crippen molar-refractivity contribution < 1.29 is 0 Å². The molecule has 0 bridgehead atoms. The molecule has 0 aliphatic carbocycles. The van der Waals surface area contributed by atoms with Crippen molar-refractivity contribution in [2.45, 2.75) is 66.3 Å². The average Bonchev–Trinajstić information content (AvgIpc) is 2.24. The van der Waals surface area contributed by atoms with Crippen molar-refractivity contribution in [3.63, 3.8) is 0 Å². The lowest BCUT2D eigenvalue weighted by molar-refractivity contribution is 0.691. The summed E-state index contributed by atoms with van der Waals surface area (Å²) >= 11 is 7.30. The minimum atomic E-state index is -1.90. The maximum atomic E-state index is 7.30. The maximum Gasteiger partial charge on any atom is 0.187 e. The number of halogens is 1. The number of hydrogen-bond acceptors (Lipinski definition) is 0. The molecule has 0 spiro atoms. The van der Waals surface area contributed by atoms with Crippen LogP contribution in [0.5, 0.6) is 0 Å². The van der Waals surface area contributed by atoms with E-state index in [-0.39, 0.29) is 0 Å². The Kier molecular flexibility index (Phi) is 6.34. The summed E-state index contributed by atoms with van der Waals surface area (Å²) < 4.78 is 0. The fraction of sp³-hybridized carbons (Fsp3) is 0.667. The molecule has 120 valence electrons. The summed E-state index contributed by atoms with van der Waals surface area (Å²) in [4.78, 5) is 0. The molecule has 0 radical (unpaired) electrons. The van der Waals surface area contributed by atoms with Crippen molar-refractivity contribution in [3.8, 4) is 0 Å². The number of hydrogen-bond donors (Lipinski definition) is 0. The third-order valence-electron chi connectivity index (χ3n) is 3.92. The Morgan fingerprint density at radius 1 is 0.857 bits per heavy atom. The number of rotatable bonds is 6. The normalized spacial score (nSPS) is 13.3. The number of benzene rings is 1. The van der Waals surface area contributed by atoms with Crippen LogP contribution in [0.2, 0.25) is 31.7 Å². The summed E-state index contributed by atoms with van der Waals surface area (Å²) in [7, 11) is -3.19.